The SMILES string of the molecule is CCCN1CC2=C(OC(N)=C(C#N)C2c2ccc(OC)c(OC)c2)/C(=C/c2ccc(OC)c(OC)c2)C1. The zero-order valence-corrected chi connectivity index (χ0v) is 22.0. The summed E-state index contributed by atoms with van der Waals surface area (Å²) in [7, 11) is 6.42. The molecule has 0 amide bonds. The van der Waals surface area contributed by atoms with Crippen LogP contribution in [0.1, 0.15) is 30.4 Å². The number of ether oxygens (including phenoxy) is 5. The average molecular weight is 504 g/mol. The highest BCUT2D eigenvalue weighted by Crippen LogP contribution is 2.45. The number of nitrogens with two attached hydrogens (primary N) is 1. The van der Waals surface area contributed by atoms with E-state index in [2.05, 4.69) is 24.0 Å². The average Bonchev–Trinajstić information content (AvgIpc) is 2.92. The van der Waals surface area contributed by atoms with Crippen LogP contribution in [-0.2, 0) is 4.74 Å². The summed E-state index contributed by atoms with van der Waals surface area (Å²) in [6.07, 6.45) is 3.08. The quantitative estimate of drug-likeness (QED) is 0.558. The predicted molar refractivity (Wildman–Crippen MR) is 141 cm³/mol. The van der Waals surface area contributed by atoms with E-state index < -0.39 is 0 Å². The first-order valence-corrected chi connectivity index (χ1v) is 12.2. The standard InChI is InChI=1S/C29H33N3O5/c1-6-11-32-16-20(12-18-7-9-23(33-2)25(13-18)35-4)28-22(17-32)27(21(15-30)29(31)37-28)19-8-10-24(34-3)26(14-19)36-5/h7-10,12-14,27H,6,11,16-17,31H2,1-5H3/b20-12+. The van der Waals surface area contributed by atoms with Gasteiger partial charge >= 0.3 is 0 Å². The molecule has 2 aliphatic rings. The van der Waals surface area contributed by atoms with E-state index in [9.17, 15) is 5.26 Å². The fourth-order valence-corrected chi connectivity index (χ4v) is 4.97. The minimum atomic E-state index is -0.373. The number of nitriles is 1. The van der Waals surface area contributed by atoms with Gasteiger partial charge in [0, 0.05) is 18.7 Å². The maximum Gasteiger partial charge on any atom is 0.205 e. The van der Waals surface area contributed by atoms with E-state index in [1.807, 2.05) is 36.4 Å². The van der Waals surface area contributed by atoms with Crippen molar-refractivity contribution in [1.82, 2.24) is 4.90 Å². The fourth-order valence-electron chi connectivity index (χ4n) is 4.97. The van der Waals surface area contributed by atoms with Gasteiger partial charge in [-0.05, 0) is 60.0 Å². The molecule has 0 saturated carbocycles. The summed E-state index contributed by atoms with van der Waals surface area (Å²) in [5.74, 6) is 2.96. The zero-order chi connectivity index (χ0) is 26.5. The van der Waals surface area contributed by atoms with Gasteiger partial charge < -0.3 is 29.4 Å². The summed E-state index contributed by atoms with van der Waals surface area (Å²) in [6.45, 7) is 4.40. The Balaban J connectivity index is 1.88. The highest BCUT2D eigenvalue weighted by atomic mass is 16.5. The second-order valence-corrected chi connectivity index (χ2v) is 8.89. The van der Waals surface area contributed by atoms with Crippen molar-refractivity contribution >= 4 is 6.08 Å². The molecule has 8 nitrogen and oxygen atoms in total. The van der Waals surface area contributed by atoms with E-state index in [0.717, 1.165) is 35.2 Å². The molecule has 194 valence electrons. The molecular formula is C29H33N3O5. The maximum atomic E-state index is 10.1. The third-order valence-corrected chi connectivity index (χ3v) is 6.64. The first-order chi connectivity index (χ1) is 18.0. The number of benzene rings is 2. The Morgan fingerprint density at radius 3 is 2.24 bits per heavy atom. The fraction of sp³-hybridized carbons (Fsp3) is 0.345. The number of methoxy groups -OCH3 is 4. The van der Waals surface area contributed by atoms with Gasteiger partial charge in [0.05, 0.1) is 34.4 Å². The maximum absolute atomic E-state index is 10.1. The van der Waals surface area contributed by atoms with Crippen molar-refractivity contribution in [2.75, 3.05) is 48.1 Å². The monoisotopic (exact) mass is 503 g/mol. The van der Waals surface area contributed by atoms with Gasteiger partial charge in [0.2, 0.25) is 5.88 Å². The number of hydrogen-bond donors (Lipinski definition) is 1. The van der Waals surface area contributed by atoms with Gasteiger partial charge in [-0.2, -0.15) is 5.26 Å². The molecule has 0 aromatic heterocycles. The van der Waals surface area contributed by atoms with Gasteiger partial charge in [0.25, 0.3) is 0 Å². The summed E-state index contributed by atoms with van der Waals surface area (Å²) >= 11 is 0. The van der Waals surface area contributed by atoms with Crippen molar-refractivity contribution in [2.24, 2.45) is 5.73 Å². The van der Waals surface area contributed by atoms with Crippen LogP contribution in [0.3, 0.4) is 0 Å². The van der Waals surface area contributed by atoms with E-state index in [1.54, 1.807) is 28.4 Å². The first-order valence-electron chi connectivity index (χ1n) is 12.2. The van der Waals surface area contributed by atoms with E-state index in [-0.39, 0.29) is 11.8 Å². The highest BCUT2D eigenvalue weighted by Gasteiger charge is 2.38. The Labute approximate surface area is 218 Å². The zero-order valence-electron chi connectivity index (χ0n) is 22.0. The van der Waals surface area contributed by atoms with E-state index in [0.29, 0.717) is 47.4 Å². The van der Waals surface area contributed by atoms with Crippen molar-refractivity contribution < 1.29 is 23.7 Å². The van der Waals surface area contributed by atoms with Gasteiger partial charge in [-0.15, -0.1) is 0 Å². The highest BCUT2D eigenvalue weighted by molar-refractivity contribution is 5.65. The second-order valence-electron chi connectivity index (χ2n) is 8.89. The molecule has 0 radical (unpaired) electrons. The number of nitrogens with zero attached hydrogens (tertiary/aromatic N) is 2. The van der Waals surface area contributed by atoms with Crippen molar-refractivity contribution in [3.63, 3.8) is 0 Å². The molecule has 0 bridgehead atoms. The minimum Gasteiger partial charge on any atom is -0.493 e. The van der Waals surface area contributed by atoms with Crippen LogP contribution in [0.15, 0.2) is 64.8 Å². The number of rotatable bonds is 8. The van der Waals surface area contributed by atoms with Gasteiger partial charge in [-0.1, -0.05) is 19.1 Å². The molecule has 37 heavy (non-hydrogen) atoms. The van der Waals surface area contributed by atoms with Crippen molar-refractivity contribution in [3.8, 4) is 29.1 Å². The van der Waals surface area contributed by atoms with Gasteiger partial charge in [0.15, 0.2) is 23.0 Å². The summed E-state index contributed by atoms with van der Waals surface area (Å²) in [5.41, 5.74) is 10.5. The van der Waals surface area contributed by atoms with E-state index >= 15 is 0 Å². The molecule has 1 atom stereocenters. The van der Waals surface area contributed by atoms with Crippen LogP contribution in [0.25, 0.3) is 6.08 Å². The molecule has 2 N–H and O–H groups in total. The Hall–Kier alpha value is -4.09. The molecule has 4 rings (SSSR count). The summed E-state index contributed by atoms with van der Waals surface area (Å²) in [4.78, 5) is 2.36. The molecule has 2 aromatic carbocycles. The lowest BCUT2D eigenvalue weighted by Crippen LogP contribution is -2.38. The summed E-state index contributed by atoms with van der Waals surface area (Å²) in [6, 6.07) is 13.8. The second kappa shape index (κ2) is 11.3. The lowest BCUT2D eigenvalue weighted by atomic mass is 9.80. The van der Waals surface area contributed by atoms with Gasteiger partial charge in [-0.3, -0.25) is 4.90 Å². The van der Waals surface area contributed by atoms with Crippen LogP contribution in [0, 0.1) is 11.3 Å². The molecule has 2 aliphatic heterocycles. The normalized spacial score (nSPS) is 18.7. The van der Waals surface area contributed by atoms with Crippen molar-refractivity contribution in [1.29, 1.82) is 5.26 Å². The molecule has 0 fully saturated rings. The molecule has 0 saturated heterocycles. The molecule has 0 spiro atoms. The lowest BCUT2D eigenvalue weighted by Gasteiger charge is -2.38. The number of allylic oxidation sites excluding steroid dienone is 1. The largest absolute Gasteiger partial charge is 0.493 e. The predicted octanol–water partition coefficient (Wildman–Crippen LogP) is 4.59. The Morgan fingerprint density at radius 1 is 0.973 bits per heavy atom. The topological polar surface area (TPSA) is 99.2 Å². The Bertz CT molecular complexity index is 1310. The smallest absolute Gasteiger partial charge is 0.205 e. The summed E-state index contributed by atoms with van der Waals surface area (Å²) < 4.78 is 28.0. The lowest BCUT2D eigenvalue weighted by molar-refractivity contribution is 0.234. The molecule has 8 heteroatoms. The van der Waals surface area contributed by atoms with Crippen LogP contribution in [-0.4, -0.2) is 53.0 Å². The molecule has 2 aromatic rings. The number of hydrogen-bond acceptors (Lipinski definition) is 8. The van der Waals surface area contributed by atoms with Crippen LogP contribution in [0.5, 0.6) is 23.0 Å². The minimum absolute atomic E-state index is 0.114. The Kier molecular flexibility index (Phi) is 7.95. The van der Waals surface area contributed by atoms with Crippen LogP contribution in [0.2, 0.25) is 0 Å². The Morgan fingerprint density at radius 2 is 1.62 bits per heavy atom. The molecule has 2 heterocycles. The third-order valence-electron chi connectivity index (χ3n) is 6.64. The van der Waals surface area contributed by atoms with Crippen LogP contribution >= 0.6 is 0 Å². The van der Waals surface area contributed by atoms with Crippen LogP contribution in [0.4, 0.5) is 0 Å². The van der Waals surface area contributed by atoms with Crippen molar-refractivity contribution in [2.45, 2.75) is 19.3 Å². The van der Waals surface area contributed by atoms with Gasteiger partial charge in [-0.25, -0.2) is 0 Å². The molecule has 0 aliphatic carbocycles. The van der Waals surface area contributed by atoms with Crippen LogP contribution < -0.4 is 24.7 Å². The van der Waals surface area contributed by atoms with Gasteiger partial charge in [0.1, 0.15) is 17.4 Å². The molecule has 1 unspecified atom stereocenters. The third kappa shape index (κ3) is 5.09. The first kappa shape index (κ1) is 26.0. The van der Waals surface area contributed by atoms with Crippen molar-refractivity contribution in [3.05, 3.63) is 75.9 Å². The van der Waals surface area contributed by atoms with E-state index in [4.69, 9.17) is 29.4 Å². The summed E-state index contributed by atoms with van der Waals surface area (Å²) in [5, 5.41) is 10.1. The van der Waals surface area contributed by atoms with E-state index in [1.165, 1.54) is 0 Å². The molecular weight excluding hydrogens is 470 g/mol.